The minimum Gasteiger partial charge on any atom is -0.495 e. The predicted octanol–water partition coefficient (Wildman–Crippen LogP) is 2.51. The molecular weight excluding hydrogens is 298 g/mol. The Morgan fingerprint density at radius 2 is 2.17 bits per heavy atom. The molecule has 0 bridgehead atoms. The molecule has 0 aliphatic carbocycles. The summed E-state index contributed by atoms with van der Waals surface area (Å²) < 4.78 is 17.9. The second-order valence-corrected chi connectivity index (χ2v) is 4.99. The van der Waals surface area contributed by atoms with Crippen LogP contribution in [-0.4, -0.2) is 26.9 Å². The van der Waals surface area contributed by atoms with Gasteiger partial charge in [-0.3, -0.25) is 0 Å². The first kappa shape index (κ1) is 13.5. The van der Waals surface area contributed by atoms with Gasteiger partial charge >= 0.3 is 0 Å². The molecule has 2 rings (SSSR count). The third-order valence-corrected chi connectivity index (χ3v) is 3.46. The van der Waals surface area contributed by atoms with Crippen LogP contribution in [0.4, 0.5) is 0 Å². The van der Waals surface area contributed by atoms with Crippen molar-refractivity contribution in [3.8, 4) is 17.2 Å². The molecule has 5 heteroatoms. The lowest BCUT2D eigenvalue weighted by Crippen LogP contribution is -2.05. The summed E-state index contributed by atoms with van der Waals surface area (Å²) in [6.07, 6.45) is 2.61. The molecule has 0 saturated carbocycles. The average molecular weight is 316 g/mol. The van der Waals surface area contributed by atoms with Crippen LogP contribution in [0.3, 0.4) is 0 Å². The Labute approximate surface area is 116 Å². The third-order valence-electron chi connectivity index (χ3n) is 2.87. The largest absolute Gasteiger partial charge is 0.495 e. The van der Waals surface area contributed by atoms with Crippen LogP contribution in [0.5, 0.6) is 17.2 Å². The molecule has 0 spiro atoms. The highest BCUT2D eigenvalue weighted by Crippen LogP contribution is 2.44. The number of halogens is 1. The number of hydrogen-bond donors (Lipinski definition) is 1. The van der Waals surface area contributed by atoms with Crippen molar-refractivity contribution in [1.82, 2.24) is 0 Å². The summed E-state index contributed by atoms with van der Waals surface area (Å²) in [6.45, 7) is 2.00. The van der Waals surface area contributed by atoms with Gasteiger partial charge in [-0.25, -0.2) is 0 Å². The van der Waals surface area contributed by atoms with Crippen molar-refractivity contribution in [2.75, 3.05) is 26.9 Å². The summed E-state index contributed by atoms with van der Waals surface area (Å²) in [5.41, 5.74) is 6.62. The monoisotopic (exact) mass is 315 g/mol. The SMILES string of the molecule is COc1c(Br)cc2c(c1CCCN)OCCCO2. The Morgan fingerprint density at radius 3 is 2.89 bits per heavy atom. The van der Waals surface area contributed by atoms with E-state index in [9.17, 15) is 0 Å². The molecule has 1 aliphatic rings. The van der Waals surface area contributed by atoms with E-state index in [1.807, 2.05) is 6.07 Å². The van der Waals surface area contributed by atoms with Crippen molar-refractivity contribution < 1.29 is 14.2 Å². The molecule has 0 fully saturated rings. The highest BCUT2D eigenvalue weighted by molar-refractivity contribution is 9.10. The van der Waals surface area contributed by atoms with Crippen LogP contribution in [0.2, 0.25) is 0 Å². The number of fused-ring (bicyclic) bond motifs is 1. The van der Waals surface area contributed by atoms with Gasteiger partial charge in [-0.15, -0.1) is 0 Å². The Bertz CT molecular complexity index is 423. The number of ether oxygens (including phenoxy) is 3. The van der Waals surface area contributed by atoms with Crippen molar-refractivity contribution in [3.05, 3.63) is 16.1 Å². The van der Waals surface area contributed by atoms with Gasteiger partial charge in [0.15, 0.2) is 11.5 Å². The van der Waals surface area contributed by atoms with E-state index in [0.29, 0.717) is 19.8 Å². The quantitative estimate of drug-likeness (QED) is 0.927. The van der Waals surface area contributed by atoms with Crippen LogP contribution < -0.4 is 19.9 Å². The second-order valence-electron chi connectivity index (χ2n) is 4.14. The number of methoxy groups -OCH3 is 1. The predicted molar refractivity (Wildman–Crippen MR) is 73.7 cm³/mol. The second kappa shape index (κ2) is 6.29. The third kappa shape index (κ3) is 2.72. The molecule has 1 aromatic rings. The highest BCUT2D eigenvalue weighted by atomic mass is 79.9. The standard InChI is InChI=1S/C13H18BrNO3/c1-16-12-9(4-2-5-15)13-11(8-10(12)14)17-6-3-7-18-13/h8H,2-7,15H2,1H3. The fourth-order valence-electron chi connectivity index (χ4n) is 2.05. The molecule has 1 aliphatic heterocycles. The molecular formula is C13H18BrNO3. The van der Waals surface area contributed by atoms with E-state index >= 15 is 0 Å². The summed E-state index contributed by atoms with van der Waals surface area (Å²) in [7, 11) is 1.66. The molecule has 0 unspecified atom stereocenters. The van der Waals surface area contributed by atoms with Gasteiger partial charge in [-0.05, 0) is 35.3 Å². The maximum atomic E-state index is 5.81. The molecule has 1 aromatic carbocycles. The number of hydrogen-bond acceptors (Lipinski definition) is 4. The van der Waals surface area contributed by atoms with Gasteiger partial charge in [-0.2, -0.15) is 0 Å². The van der Waals surface area contributed by atoms with Crippen molar-refractivity contribution >= 4 is 15.9 Å². The van der Waals surface area contributed by atoms with Crippen LogP contribution in [0, 0.1) is 0 Å². The topological polar surface area (TPSA) is 53.7 Å². The average Bonchev–Trinajstić information content (AvgIpc) is 2.60. The van der Waals surface area contributed by atoms with Gasteiger partial charge in [0.1, 0.15) is 5.75 Å². The van der Waals surface area contributed by atoms with Gasteiger partial charge in [0.2, 0.25) is 0 Å². The molecule has 0 atom stereocenters. The fraction of sp³-hybridized carbons (Fsp3) is 0.538. The first-order chi connectivity index (χ1) is 8.77. The van der Waals surface area contributed by atoms with Gasteiger partial charge in [0.05, 0.1) is 24.8 Å². The number of rotatable bonds is 4. The van der Waals surface area contributed by atoms with E-state index in [0.717, 1.165) is 46.5 Å². The lowest BCUT2D eigenvalue weighted by atomic mass is 10.1. The zero-order valence-electron chi connectivity index (χ0n) is 10.5. The van der Waals surface area contributed by atoms with E-state index in [1.54, 1.807) is 7.11 Å². The Hall–Kier alpha value is -0.940. The lowest BCUT2D eigenvalue weighted by Gasteiger charge is -2.17. The fourth-order valence-corrected chi connectivity index (χ4v) is 2.66. The summed E-state index contributed by atoms with van der Waals surface area (Å²) in [5.74, 6) is 2.40. The van der Waals surface area contributed by atoms with Crippen LogP contribution in [0.15, 0.2) is 10.5 Å². The van der Waals surface area contributed by atoms with E-state index < -0.39 is 0 Å². The molecule has 0 amide bonds. The Kier molecular flexibility index (Phi) is 4.72. The number of benzene rings is 1. The summed E-state index contributed by atoms with van der Waals surface area (Å²) in [6, 6.07) is 1.91. The molecule has 4 nitrogen and oxygen atoms in total. The molecule has 18 heavy (non-hydrogen) atoms. The van der Waals surface area contributed by atoms with Crippen LogP contribution in [0.1, 0.15) is 18.4 Å². The van der Waals surface area contributed by atoms with Crippen molar-refractivity contribution in [3.63, 3.8) is 0 Å². The van der Waals surface area contributed by atoms with E-state index in [1.165, 1.54) is 0 Å². The van der Waals surface area contributed by atoms with Gasteiger partial charge < -0.3 is 19.9 Å². The maximum absolute atomic E-state index is 5.81. The minimum atomic E-state index is 0.644. The minimum absolute atomic E-state index is 0.644. The Balaban J connectivity index is 2.46. The molecule has 0 saturated heterocycles. The zero-order valence-corrected chi connectivity index (χ0v) is 12.1. The molecule has 1 heterocycles. The van der Waals surface area contributed by atoms with Crippen LogP contribution in [0.25, 0.3) is 0 Å². The van der Waals surface area contributed by atoms with E-state index in [2.05, 4.69) is 15.9 Å². The van der Waals surface area contributed by atoms with Gasteiger partial charge in [0.25, 0.3) is 0 Å². The molecule has 0 aromatic heterocycles. The number of nitrogens with two attached hydrogens (primary N) is 1. The summed E-state index contributed by atoms with van der Waals surface area (Å²) >= 11 is 3.51. The molecule has 100 valence electrons. The van der Waals surface area contributed by atoms with Crippen LogP contribution >= 0.6 is 15.9 Å². The maximum Gasteiger partial charge on any atom is 0.168 e. The summed E-state index contributed by atoms with van der Waals surface area (Å²) in [4.78, 5) is 0. The molecule has 2 N–H and O–H groups in total. The molecule has 0 radical (unpaired) electrons. The van der Waals surface area contributed by atoms with E-state index in [-0.39, 0.29) is 0 Å². The summed E-state index contributed by atoms with van der Waals surface area (Å²) in [5, 5.41) is 0. The van der Waals surface area contributed by atoms with Gasteiger partial charge in [-0.1, -0.05) is 0 Å². The van der Waals surface area contributed by atoms with E-state index in [4.69, 9.17) is 19.9 Å². The highest BCUT2D eigenvalue weighted by Gasteiger charge is 2.21. The first-order valence-corrected chi connectivity index (χ1v) is 6.92. The van der Waals surface area contributed by atoms with Crippen LogP contribution in [-0.2, 0) is 6.42 Å². The zero-order chi connectivity index (χ0) is 13.0. The lowest BCUT2D eigenvalue weighted by molar-refractivity contribution is 0.295. The Morgan fingerprint density at radius 1 is 1.39 bits per heavy atom. The van der Waals surface area contributed by atoms with Crippen molar-refractivity contribution in [2.45, 2.75) is 19.3 Å². The van der Waals surface area contributed by atoms with Crippen molar-refractivity contribution in [1.29, 1.82) is 0 Å². The van der Waals surface area contributed by atoms with Gasteiger partial charge in [0, 0.05) is 18.1 Å². The smallest absolute Gasteiger partial charge is 0.168 e. The van der Waals surface area contributed by atoms with Crippen molar-refractivity contribution in [2.24, 2.45) is 5.73 Å². The normalized spacial score (nSPS) is 14.2. The first-order valence-electron chi connectivity index (χ1n) is 6.13.